The summed E-state index contributed by atoms with van der Waals surface area (Å²) >= 11 is 0. The lowest BCUT2D eigenvalue weighted by molar-refractivity contribution is 0.102. The number of carbonyl (C=O) groups is 1. The van der Waals surface area contributed by atoms with Crippen molar-refractivity contribution in [3.8, 4) is 0 Å². The average Bonchev–Trinajstić information content (AvgIpc) is 3.05. The van der Waals surface area contributed by atoms with Crippen molar-refractivity contribution in [1.29, 1.82) is 0 Å². The summed E-state index contributed by atoms with van der Waals surface area (Å²) in [4.78, 5) is 21.8. The SMILES string of the molecule is Cc1nc2cc(F)cc(C(=O)Nc3ccc(S(=O)(=O)N4CCCCCC4)cc3)c2nc1C. The van der Waals surface area contributed by atoms with E-state index < -0.39 is 21.7 Å². The van der Waals surface area contributed by atoms with E-state index in [0.717, 1.165) is 31.7 Å². The van der Waals surface area contributed by atoms with Gasteiger partial charge < -0.3 is 5.32 Å². The summed E-state index contributed by atoms with van der Waals surface area (Å²) in [6, 6.07) is 8.39. The number of anilines is 1. The Kier molecular flexibility index (Phi) is 6.21. The van der Waals surface area contributed by atoms with Crippen molar-refractivity contribution < 1.29 is 17.6 Å². The fraction of sp³-hybridized carbons (Fsp3) is 0.348. The van der Waals surface area contributed by atoms with Crippen molar-refractivity contribution in [2.24, 2.45) is 0 Å². The number of hydrogen-bond donors (Lipinski definition) is 1. The Morgan fingerprint density at radius 1 is 0.969 bits per heavy atom. The molecule has 1 amide bonds. The highest BCUT2D eigenvalue weighted by molar-refractivity contribution is 7.89. The van der Waals surface area contributed by atoms with Crippen LogP contribution in [-0.4, -0.2) is 41.7 Å². The highest BCUT2D eigenvalue weighted by Gasteiger charge is 2.25. The van der Waals surface area contributed by atoms with Crippen LogP contribution in [0.2, 0.25) is 0 Å². The molecule has 1 aliphatic rings. The van der Waals surface area contributed by atoms with E-state index in [9.17, 15) is 17.6 Å². The van der Waals surface area contributed by atoms with Gasteiger partial charge in [-0.2, -0.15) is 4.31 Å². The van der Waals surface area contributed by atoms with Gasteiger partial charge in [-0.05, 0) is 57.0 Å². The van der Waals surface area contributed by atoms with Crippen LogP contribution < -0.4 is 5.32 Å². The summed E-state index contributed by atoms with van der Waals surface area (Å²) in [5, 5.41) is 2.70. The molecule has 7 nitrogen and oxygen atoms in total. The standard InChI is InChI=1S/C23H25FN4O3S/c1-15-16(2)26-22-20(13-17(24)14-21(22)25-15)23(29)27-18-7-9-19(10-8-18)32(30,31)28-11-5-3-4-6-12-28/h7-10,13-14H,3-6,11-12H2,1-2H3,(H,27,29). The second-order valence-electron chi connectivity index (χ2n) is 8.01. The zero-order chi connectivity index (χ0) is 22.9. The Hall–Kier alpha value is -2.91. The van der Waals surface area contributed by atoms with Crippen molar-refractivity contribution in [1.82, 2.24) is 14.3 Å². The van der Waals surface area contributed by atoms with Gasteiger partial charge in [-0.15, -0.1) is 0 Å². The normalized spacial score (nSPS) is 15.5. The minimum atomic E-state index is -3.57. The van der Waals surface area contributed by atoms with Gasteiger partial charge in [0.05, 0.1) is 27.4 Å². The minimum absolute atomic E-state index is 0.0665. The van der Waals surface area contributed by atoms with Gasteiger partial charge in [-0.1, -0.05) is 12.8 Å². The van der Waals surface area contributed by atoms with Crippen LogP contribution in [0.25, 0.3) is 11.0 Å². The fourth-order valence-electron chi connectivity index (χ4n) is 3.81. The maximum Gasteiger partial charge on any atom is 0.258 e. The molecular formula is C23H25FN4O3S. The van der Waals surface area contributed by atoms with Gasteiger partial charge in [0, 0.05) is 24.8 Å². The van der Waals surface area contributed by atoms with Gasteiger partial charge in [0.25, 0.3) is 5.91 Å². The molecule has 168 valence electrons. The van der Waals surface area contributed by atoms with Crippen molar-refractivity contribution in [2.45, 2.75) is 44.4 Å². The molecule has 0 unspecified atom stereocenters. The zero-order valence-corrected chi connectivity index (χ0v) is 18.9. The number of benzene rings is 2. The summed E-state index contributed by atoms with van der Waals surface area (Å²) in [5.41, 5.74) is 2.40. The van der Waals surface area contributed by atoms with Gasteiger partial charge in [0.15, 0.2) is 0 Å². The molecule has 1 aromatic heterocycles. The lowest BCUT2D eigenvalue weighted by Gasteiger charge is -2.20. The number of nitrogens with zero attached hydrogens (tertiary/aromatic N) is 3. The van der Waals surface area contributed by atoms with E-state index in [4.69, 9.17) is 0 Å². The van der Waals surface area contributed by atoms with Gasteiger partial charge in [0.2, 0.25) is 10.0 Å². The number of nitrogens with one attached hydrogen (secondary N) is 1. The summed E-state index contributed by atoms with van der Waals surface area (Å²) < 4.78 is 41.5. The number of halogens is 1. The molecule has 0 atom stereocenters. The van der Waals surface area contributed by atoms with Gasteiger partial charge in [0.1, 0.15) is 11.3 Å². The molecule has 2 aromatic carbocycles. The molecule has 9 heteroatoms. The third kappa shape index (κ3) is 4.49. The minimum Gasteiger partial charge on any atom is -0.322 e. The first-order chi connectivity index (χ1) is 15.3. The molecule has 32 heavy (non-hydrogen) atoms. The lowest BCUT2D eigenvalue weighted by Crippen LogP contribution is -2.31. The molecule has 0 saturated carbocycles. The first kappa shape index (κ1) is 22.3. The molecule has 1 fully saturated rings. The Morgan fingerprint density at radius 2 is 1.59 bits per heavy atom. The Morgan fingerprint density at radius 3 is 2.25 bits per heavy atom. The highest BCUT2D eigenvalue weighted by Crippen LogP contribution is 2.23. The van der Waals surface area contributed by atoms with Crippen molar-refractivity contribution in [3.05, 3.63) is 59.2 Å². The van der Waals surface area contributed by atoms with Crippen LogP contribution in [0.15, 0.2) is 41.3 Å². The van der Waals surface area contributed by atoms with Crippen LogP contribution in [0.5, 0.6) is 0 Å². The summed E-state index contributed by atoms with van der Waals surface area (Å²) in [5.74, 6) is -1.13. The van der Waals surface area contributed by atoms with Crippen LogP contribution in [-0.2, 0) is 10.0 Å². The largest absolute Gasteiger partial charge is 0.322 e. The average molecular weight is 457 g/mol. The maximum atomic E-state index is 14.1. The molecule has 0 aliphatic carbocycles. The number of aromatic nitrogens is 2. The number of aryl methyl sites for hydroxylation is 2. The van der Waals surface area contributed by atoms with Gasteiger partial charge in [-0.3, -0.25) is 4.79 Å². The number of rotatable bonds is 4. The van der Waals surface area contributed by atoms with Crippen LogP contribution in [0.3, 0.4) is 0 Å². The molecule has 1 N–H and O–H groups in total. The number of carbonyl (C=O) groups excluding carboxylic acids is 1. The third-order valence-electron chi connectivity index (χ3n) is 5.71. The first-order valence-electron chi connectivity index (χ1n) is 10.6. The number of amides is 1. The van der Waals surface area contributed by atoms with Crippen LogP contribution in [0.1, 0.15) is 47.4 Å². The molecule has 0 spiro atoms. The van der Waals surface area contributed by atoms with Crippen LogP contribution >= 0.6 is 0 Å². The van der Waals surface area contributed by atoms with Crippen molar-refractivity contribution in [3.63, 3.8) is 0 Å². The predicted molar refractivity (Wildman–Crippen MR) is 121 cm³/mol. The van der Waals surface area contributed by atoms with E-state index >= 15 is 0 Å². The van der Waals surface area contributed by atoms with E-state index in [1.54, 1.807) is 13.8 Å². The molecule has 0 radical (unpaired) electrons. The molecule has 0 bridgehead atoms. The monoisotopic (exact) mass is 456 g/mol. The second kappa shape index (κ2) is 8.91. The predicted octanol–water partition coefficient (Wildman–Crippen LogP) is 4.20. The third-order valence-corrected chi connectivity index (χ3v) is 7.62. The smallest absolute Gasteiger partial charge is 0.258 e. The summed E-state index contributed by atoms with van der Waals surface area (Å²) in [7, 11) is -3.57. The van der Waals surface area contributed by atoms with Crippen molar-refractivity contribution in [2.75, 3.05) is 18.4 Å². The number of hydrogen-bond acceptors (Lipinski definition) is 5. The zero-order valence-electron chi connectivity index (χ0n) is 18.1. The van der Waals surface area contributed by atoms with Crippen LogP contribution in [0, 0.1) is 19.7 Å². The summed E-state index contributed by atoms with van der Waals surface area (Å²) in [6.45, 7) is 4.59. The first-order valence-corrected chi connectivity index (χ1v) is 12.1. The van der Waals surface area contributed by atoms with E-state index in [0.29, 0.717) is 41.2 Å². The van der Waals surface area contributed by atoms with E-state index in [2.05, 4.69) is 15.3 Å². The fourth-order valence-corrected chi connectivity index (χ4v) is 5.33. The van der Waals surface area contributed by atoms with E-state index in [-0.39, 0.29) is 10.5 Å². The Labute approximate surface area is 186 Å². The Balaban J connectivity index is 1.58. The molecule has 4 rings (SSSR count). The molecular weight excluding hydrogens is 431 g/mol. The van der Waals surface area contributed by atoms with Crippen LogP contribution in [0.4, 0.5) is 10.1 Å². The lowest BCUT2D eigenvalue weighted by atomic mass is 10.1. The maximum absolute atomic E-state index is 14.1. The number of sulfonamides is 1. The number of fused-ring (bicyclic) bond motifs is 1. The summed E-state index contributed by atoms with van der Waals surface area (Å²) in [6.07, 6.45) is 3.79. The molecule has 3 aromatic rings. The molecule has 1 saturated heterocycles. The van der Waals surface area contributed by atoms with E-state index in [1.165, 1.54) is 34.6 Å². The van der Waals surface area contributed by atoms with Gasteiger partial charge >= 0.3 is 0 Å². The molecule has 1 aliphatic heterocycles. The van der Waals surface area contributed by atoms with Gasteiger partial charge in [-0.25, -0.2) is 22.8 Å². The molecule has 2 heterocycles. The van der Waals surface area contributed by atoms with E-state index in [1.807, 2.05) is 0 Å². The highest BCUT2D eigenvalue weighted by atomic mass is 32.2. The van der Waals surface area contributed by atoms with Crippen molar-refractivity contribution >= 4 is 32.7 Å². The topological polar surface area (TPSA) is 92.3 Å². The second-order valence-corrected chi connectivity index (χ2v) is 9.95. The quantitative estimate of drug-likeness (QED) is 0.635. The Bertz CT molecular complexity index is 1270.